The third-order valence-corrected chi connectivity index (χ3v) is 7.29. The van der Waals surface area contributed by atoms with Crippen molar-refractivity contribution in [3.8, 4) is 0 Å². The molecule has 0 aliphatic carbocycles. The van der Waals surface area contributed by atoms with Crippen LogP contribution in [0.15, 0.2) is 36.4 Å². The summed E-state index contributed by atoms with van der Waals surface area (Å²) in [6.07, 6.45) is 0. The number of halogens is 1. The maximum Gasteiger partial charge on any atom is -1.00 e. The van der Waals surface area contributed by atoms with Crippen molar-refractivity contribution in [3.05, 3.63) is 36.4 Å². The van der Waals surface area contributed by atoms with Crippen LogP contribution in [-0.2, 0) is 0 Å². The first-order valence-electron chi connectivity index (χ1n) is 8.96. The molecule has 0 fully saturated rings. The first-order valence-corrected chi connectivity index (χ1v) is 10.8. The zero-order valence-electron chi connectivity index (χ0n) is 15.5. The zero-order valence-corrected chi connectivity index (χ0v) is 19.5. The summed E-state index contributed by atoms with van der Waals surface area (Å²) in [7, 11) is 0. The molecule has 1 N–H and O–H groups in total. The molecule has 3 rings (SSSR count). The predicted molar refractivity (Wildman–Crippen MR) is 110 cm³/mol. The van der Waals surface area contributed by atoms with Crippen LogP contribution in [0.5, 0.6) is 0 Å². The maximum atomic E-state index is 3.63. The van der Waals surface area contributed by atoms with Crippen LogP contribution >= 0.6 is 0 Å². The molecule has 3 nitrogen and oxygen atoms in total. The Balaban J connectivity index is 0.00000225. The molecule has 0 bridgehead atoms. The summed E-state index contributed by atoms with van der Waals surface area (Å²) in [5.74, 6) is 0. The van der Waals surface area contributed by atoms with Gasteiger partial charge < -0.3 is 24.0 Å². The molecule has 2 aromatic rings. The minimum atomic E-state index is 0. The number of anilines is 4. The van der Waals surface area contributed by atoms with Crippen molar-refractivity contribution in [1.29, 1.82) is 0 Å². The number of hydrogen-bond donors (Lipinski definition) is 1. The van der Waals surface area contributed by atoms with Crippen LogP contribution in [0.1, 0.15) is 27.7 Å². The summed E-state index contributed by atoms with van der Waals surface area (Å²) in [5, 5.41) is 3.63. The first-order chi connectivity index (χ1) is 11.7. The minimum Gasteiger partial charge on any atom is -1.00 e. The quantitative estimate of drug-likeness (QED) is 0.363. The molecule has 1 aliphatic heterocycles. The van der Waals surface area contributed by atoms with E-state index >= 15 is 0 Å². The van der Waals surface area contributed by atoms with E-state index in [1.54, 1.807) is 0 Å². The van der Waals surface area contributed by atoms with Crippen LogP contribution < -0.4 is 48.0 Å². The molecule has 0 saturated carbocycles. The van der Waals surface area contributed by atoms with Gasteiger partial charge in [-0.05, 0) is 0 Å². The number of hydrogen-bond acceptors (Lipinski definition) is 3. The van der Waals surface area contributed by atoms with Crippen molar-refractivity contribution in [2.45, 2.75) is 27.7 Å². The van der Waals surface area contributed by atoms with Gasteiger partial charge in [-0.1, -0.05) is 0 Å². The number of rotatable bonds is 6. The summed E-state index contributed by atoms with van der Waals surface area (Å²) in [4.78, 5) is 4.84. The van der Waals surface area contributed by atoms with Gasteiger partial charge in [0.25, 0.3) is 0 Å². The predicted octanol–water partition coefficient (Wildman–Crippen LogP) is -0.173. The van der Waals surface area contributed by atoms with Crippen molar-refractivity contribution >= 4 is 46.6 Å². The van der Waals surface area contributed by atoms with Gasteiger partial charge in [-0.15, -0.1) is 0 Å². The molecule has 0 amide bonds. The molecule has 1 heterocycles. The third-order valence-electron chi connectivity index (χ3n) is 4.73. The summed E-state index contributed by atoms with van der Waals surface area (Å²) >= 11 is 0.0232. The Hall–Kier alpha value is -0.911. The van der Waals surface area contributed by atoms with Gasteiger partial charge >= 0.3 is 152 Å². The summed E-state index contributed by atoms with van der Waals surface area (Å²) in [6, 6.07) is 13.8. The molecule has 0 unspecified atom stereocenters. The van der Waals surface area contributed by atoms with Crippen molar-refractivity contribution in [2.24, 2.45) is 0 Å². The van der Waals surface area contributed by atoms with Crippen LogP contribution in [0.25, 0.3) is 0 Å². The number of nitrogens with zero attached hydrogens (tertiary/aromatic N) is 2. The second-order valence-electron chi connectivity index (χ2n) is 5.98. The van der Waals surface area contributed by atoms with E-state index in [-0.39, 0.29) is 38.9 Å². The van der Waals surface area contributed by atoms with E-state index in [9.17, 15) is 0 Å². The molecular weight excluding hydrogens is 488 g/mol. The van der Waals surface area contributed by atoms with Gasteiger partial charge in [-0.2, -0.15) is 0 Å². The van der Waals surface area contributed by atoms with Crippen LogP contribution in [0.4, 0.5) is 22.7 Å². The fourth-order valence-electron chi connectivity index (χ4n) is 3.28. The third kappa shape index (κ3) is 4.26. The number of benzene rings is 2. The molecule has 0 spiro atoms. The Bertz CT molecular complexity index is 653. The fourth-order valence-corrected chi connectivity index (χ4v) is 5.71. The summed E-state index contributed by atoms with van der Waals surface area (Å²) in [6.45, 7) is 13.1. The Labute approximate surface area is 175 Å². The zero-order chi connectivity index (χ0) is 17.1. The summed E-state index contributed by atoms with van der Waals surface area (Å²) in [5.41, 5.74) is 5.27. The molecule has 0 saturated heterocycles. The molecule has 0 atom stereocenters. The molecule has 0 aromatic heterocycles. The SMILES string of the molecule is CCN(CC)c1ccc2c(c1)[SeH+]c1cc(N(CC)CC)ccc1N2.[I-]. The van der Waals surface area contributed by atoms with E-state index in [0.29, 0.717) is 0 Å². The van der Waals surface area contributed by atoms with Gasteiger partial charge in [-0.25, -0.2) is 0 Å². The molecule has 136 valence electrons. The largest absolute Gasteiger partial charge is 1.00 e. The second-order valence-corrected chi connectivity index (χ2v) is 8.48. The van der Waals surface area contributed by atoms with Crippen LogP contribution in [0, 0.1) is 0 Å². The van der Waals surface area contributed by atoms with Gasteiger partial charge in [0.1, 0.15) is 0 Å². The van der Waals surface area contributed by atoms with Crippen molar-refractivity contribution < 1.29 is 24.0 Å². The van der Waals surface area contributed by atoms with Crippen LogP contribution in [0.3, 0.4) is 0 Å². The molecular formula is C20H28IN3Se. The smallest absolute Gasteiger partial charge is 1.00 e. The van der Waals surface area contributed by atoms with E-state index in [4.69, 9.17) is 0 Å². The maximum absolute atomic E-state index is 3.63. The van der Waals surface area contributed by atoms with Crippen molar-refractivity contribution in [1.82, 2.24) is 0 Å². The topological polar surface area (TPSA) is 18.5 Å². The molecule has 1 aliphatic rings. The van der Waals surface area contributed by atoms with E-state index in [1.807, 2.05) is 0 Å². The van der Waals surface area contributed by atoms with E-state index in [0.717, 1.165) is 26.2 Å². The Morgan fingerprint density at radius 1 is 0.720 bits per heavy atom. The van der Waals surface area contributed by atoms with Gasteiger partial charge in [0, 0.05) is 0 Å². The standard InChI is InChI=1S/C20H27N3Se.HI/c1-5-22(6-2)15-9-11-17-19(13-15)24-20-14-16(23(7-3)8-4)10-12-18(20)21-17;/h9-14,21H,5-8H2,1-4H3;1H. The Morgan fingerprint density at radius 2 is 1.12 bits per heavy atom. The fraction of sp³-hybridized carbons (Fsp3) is 0.400. The average Bonchev–Trinajstić information content (AvgIpc) is 2.62. The number of fused-ring (bicyclic) bond motifs is 2. The van der Waals surface area contributed by atoms with E-state index in [1.165, 1.54) is 31.7 Å². The van der Waals surface area contributed by atoms with E-state index in [2.05, 4.69) is 79.2 Å². The second kappa shape index (κ2) is 9.15. The van der Waals surface area contributed by atoms with E-state index < -0.39 is 0 Å². The minimum absolute atomic E-state index is 0. The molecule has 0 radical (unpaired) electrons. The van der Waals surface area contributed by atoms with Crippen molar-refractivity contribution in [3.63, 3.8) is 0 Å². The Morgan fingerprint density at radius 3 is 1.48 bits per heavy atom. The van der Waals surface area contributed by atoms with Crippen LogP contribution in [0.2, 0.25) is 0 Å². The van der Waals surface area contributed by atoms with Gasteiger partial charge in [0.15, 0.2) is 0 Å². The first kappa shape index (κ1) is 20.4. The molecule has 25 heavy (non-hydrogen) atoms. The average molecular weight is 516 g/mol. The molecule has 5 heteroatoms. The van der Waals surface area contributed by atoms with Gasteiger partial charge in [0.2, 0.25) is 0 Å². The van der Waals surface area contributed by atoms with Crippen molar-refractivity contribution in [2.75, 3.05) is 41.3 Å². The Kier molecular flexibility index (Phi) is 7.47. The van der Waals surface area contributed by atoms with Gasteiger partial charge in [-0.3, -0.25) is 0 Å². The van der Waals surface area contributed by atoms with Gasteiger partial charge in [0.05, 0.1) is 0 Å². The number of nitrogens with one attached hydrogen (secondary N) is 1. The monoisotopic (exact) mass is 517 g/mol. The summed E-state index contributed by atoms with van der Waals surface area (Å²) < 4.78 is 2.97. The normalized spacial score (nSPS) is 11.7. The molecule has 2 aromatic carbocycles. The van der Waals surface area contributed by atoms with Crippen LogP contribution in [-0.4, -0.2) is 41.1 Å².